The first-order chi connectivity index (χ1) is 9.74. The number of amides is 1. The number of pyridine rings is 1. The van der Waals surface area contributed by atoms with Crippen LogP contribution in [0.25, 0.3) is 0 Å². The Morgan fingerprint density at radius 1 is 1.35 bits per heavy atom. The number of rotatable bonds is 3. The minimum absolute atomic E-state index is 0.164. The summed E-state index contributed by atoms with van der Waals surface area (Å²) in [7, 11) is 0. The van der Waals surface area contributed by atoms with Gasteiger partial charge < -0.3 is 10.6 Å². The molecule has 0 bridgehead atoms. The summed E-state index contributed by atoms with van der Waals surface area (Å²) in [5.74, 6) is 0.164. The standard InChI is InChI=1S/C16H17N3O/c17-14-4-5-15-13(10-14)7-9-19(15)16(20)6-3-12-2-1-8-18-11-12/h1-2,4-5,8,10-11H,3,6-7,9,17H2. The van der Waals surface area contributed by atoms with E-state index in [1.165, 1.54) is 5.56 Å². The van der Waals surface area contributed by atoms with E-state index in [2.05, 4.69) is 4.98 Å². The predicted octanol–water partition coefficient (Wildman–Crippen LogP) is 2.19. The van der Waals surface area contributed by atoms with Crippen LogP contribution in [0.15, 0.2) is 42.7 Å². The normalized spacial score (nSPS) is 13.3. The number of fused-ring (bicyclic) bond motifs is 1. The van der Waals surface area contributed by atoms with E-state index in [0.717, 1.165) is 36.3 Å². The molecule has 1 aromatic carbocycles. The molecule has 102 valence electrons. The number of hydrogen-bond acceptors (Lipinski definition) is 3. The van der Waals surface area contributed by atoms with Gasteiger partial charge in [-0.1, -0.05) is 6.07 Å². The predicted molar refractivity (Wildman–Crippen MR) is 79.5 cm³/mol. The van der Waals surface area contributed by atoms with Gasteiger partial charge in [0.1, 0.15) is 0 Å². The molecule has 4 heteroatoms. The topological polar surface area (TPSA) is 59.2 Å². The van der Waals surface area contributed by atoms with Gasteiger partial charge in [-0.3, -0.25) is 9.78 Å². The average Bonchev–Trinajstić information content (AvgIpc) is 2.89. The summed E-state index contributed by atoms with van der Waals surface area (Å²) in [5.41, 5.74) is 9.81. The highest BCUT2D eigenvalue weighted by atomic mass is 16.2. The molecular weight excluding hydrogens is 250 g/mol. The van der Waals surface area contributed by atoms with Crippen molar-refractivity contribution in [2.45, 2.75) is 19.3 Å². The van der Waals surface area contributed by atoms with Gasteiger partial charge in [0, 0.05) is 36.7 Å². The van der Waals surface area contributed by atoms with Crippen molar-refractivity contribution in [2.75, 3.05) is 17.2 Å². The van der Waals surface area contributed by atoms with Crippen LogP contribution < -0.4 is 10.6 Å². The molecule has 0 saturated carbocycles. The van der Waals surface area contributed by atoms with Crippen molar-refractivity contribution in [1.82, 2.24) is 4.98 Å². The van der Waals surface area contributed by atoms with Crippen LogP contribution in [0.2, 0.25) is 0 Å². The molecular formula is C16H17N3O. The van der Waals surface area contributed by atoms with Crippen molar-refractivity contribution >= 4 is 17.3 Å². The van der Waals surface area contributed by atoms with E-state index in [1.54, 1.807) is 6.20 Å². The number of nitrogens with zero attached hydrogens (tertiary/aromatic N) is 2. The molecule has 1 aromatic heterocycles. The Morgan fingerprint density at radius 2 is 2.25 bits per heavy atom. The quantitative estimate of drug-likeness (QED) is 0.867. The largest absolute Gasteiger partial charge is 0.399 e. The maximum atomic E-state index is 12.3. The highest BCUT2D eigenvalue weighted by Gasteiger charge is 2.24. The first kappa shape index (κ1) is 12.7. The van der Waals surface area contributed by atoms with E-state index in [0.29, 0.717) is 6.42 Å². The van der Waals surface area contributed by atoms with Gasteiger partial charge in [0.15, 0.2) is 0 Å². The van der Waals surface area contributed by atoms with Crippen LogP contribution in [-0.4, -0.2) is 17.4 Å². The molecule has 0 atom stereocenters. The monoisotopic (exact) mass is 267 g/mol. The Balaban J connectivity index is 1.68. The summed E-state index contributed by atoms with van der Waals surface area (Å²) < 4.78 is 0. The molecule has 3 rings (SSSR count). The lowest BCUT2D eigenvalue weighted by atomic mass is 10.1. The molecule has 1 aliphatic rings. The van der Waals surface area contributed by atoms with Gasteiger partial charge in [-0.2, -0.15) is 0 Å². The third-order valence-electron chi connectivity index (χ3n) is 3.65. The van der Waals surface area contributed by atoms with Crippen LogP contribution in [0.1, 0.15) is 17.5 Å². The second-order valence-corrected chi connectivity index (χ2v) is 5.04. The van der Waals surface area contributed by atoms with Gasteiger partial charge in [0.05, 0.1) is 0 Å². The van der Waals surface area contributed by atoms with Crippen LogP contribution in [-0.2, 0) is 17.6 Å². The van der Waals surface area contributed by atoms with E-state index in [4.69, 9.17) is 5.73 Å². The van der Waals surface area contributed by atoms with Crippen LogP contribution in [0.5, 0.6) is 0 Å². The Hall–Kier alpha value is -2.36. The fourth-order valence-electron chi connectivity index (χ4n) is 2.61. The fraction of sp³-hybridized carbons (Fsp3) is 0.250. The number of carbonyl (C=O) groups excluding carboxylic acids is 1. The molecule has 2 heterocycles. The van der Waals surface area contributed by atoms with Crippen LogP contribution >= 0.6 is 0 Å². The number of carbonyl (C=O) groups is 1. The van der Waals surface area contributed by atoms with E-state index in [1.807, 2.05) is 41.4 Å². The highest BCUT2D eigenvalue weighted by molar-refractivity contribution is 5.95. The van der Waals surface area contributed by atoms with Gasteiger partial charge in [0.25, 0.3) is 0 Å². The van der Waals surface area contributed by atoms with Gasteiger partial charge in [0.2, 0.25) is 5.91 Å². The lowest BCUT2D eigenvalue weighted by molar-refractivity contribution is -0.118. The minimum Gasteiger partial charge on any atom is -0.399 e. The Labute approximate surface area is 118 Å². The van der Waals surface area contributed by atoms with E-state index >= 15 is 0 Å². The molecule has 0 radical (unpaired) electrons. The maximum absolute atomic E-state index is 12.3. The molecule has 0 unspecified atom stereocenters. The van der Waals surface area contributed by atoms with E-state index in [-0.39, 0.29) is 5.91 Å². The van der Waals surface area contributed by atoms with Crippen molar-refractivity contribution in [1.29, 1.82) is 0 Å². The minimum atomic E-state index is 0.164. The number of aryl methyl sites for hydroxylation is 1. The summed E-state index contributed by atoms with van der Waals surface area (Å²) in [6.45, 7) is 0.755. The number of nitrogen functional groups attached to an aromatic ring is 1. The van der Waals surface area contributed by atoms with Gasteiger partial charge >= 0.3 is 0 Å². The zero-order valence-electron chi connectivity index (χ0n) is 11.2. The molecule has 4 nitrogen and oxygen atoms in total. The third kappa shape index (κ3) is 2.50. The fourth-order valence-corrected chi connectivity index (χ4v) is 2.61. The van der Waals surface area contributed by atoms with Crippen molar-refractivity contribution in [3.63, 3.8) is 0 Å². The second-order valence-electron chi connectivity index (χ2n) is 5.04. The molecule has 0 aliphatic carbocycles. The van der Waals surface area contributed by atoms with Gasteiger partial charge in [-0.15, -0.1) is 0 Å². The van der Waals surface area contributed by atoms with Crippen LogP contribution in [0, 0.1) is 0 Å². The number of benzene rings is 1. The zero-order valence-corrected chi connectivity index (χ0v) is 11.2. The maximum Gasteiger partial charge on any atom is 0.227 e. The summed E-state index contributed by atoms with van der Waals surface area (Å²) in [4.78, 5) is 18.3. The van der Waals surface area contributed by atoms with Crippen molar-refractivity contribution in [3.05, 3.63) is 53.9 Å². The first-order valence-electron chi connectivity index (χ1n) is 6.82. The molecule has 2 aromatic rings. The smallest absolute Gasteiger partial charge is 0.227 e. The van der Waals surface area contributed by atoms with E-state index < -0.39 is 0 Å². The summed E-state index contributed by atoms with van der Waals surface area (Å²) in [6, 6.07) is 9.65. The first-order valence-corrected chi connectivity index (χ1v) is 6.82. The molecule has 2 N–H and O–H groups in total. The Bertz CT molecular complexity index is 625. The second kappa shape index (κ2) is 5.33. The molecule has 1 aliphatic heterocycles. The SMILES string of the molecule is Nc1ccc2c(c1)CCN2C(=O)CCc1cccnc1. The summed E-state index contributed by atoms with van der Waals surface area (Å²) in [6.07, 6.45) is 5.68. The van der Waals surface area contributed by atoms with Crippen LogP contribution in [0.4, 0.5) is 11.4 Å². The van der Waals surface area contributed by atoms with E-state index in [9.17, 15) is 4.79 Å². The van der Waals surface area contributed by atoms with Gasteiger partial charge in [-0.05, 0) is 48.2 Å². The molecule has 20 heavy (non-hydrogen) atoms. The number of nitrogens with two attached hydrogens (primary N) is 1. The Morgan fingerprint density at radius 3 is 3.05 bits per heavy atom. The van der Waals surface area contributed by atoms with Crippen molar-refractivity contribution < 1.29 is 4.79 Å². The lowest BCUT2D eigenvalue weighted by Gasteiger charge is -2.17. The third-order valence-corrected chi connectivity index (χ3v) is 3.65. The highest BCUT2D eigenvalue weighted by Crippen LogP contribution is 2.30. The van der Waals surface area contributed by atoms with Crippen LogP contribution in [0.3, 0.4) is 0 Å². The van der Waals surface area contributed by atoms with Crippen molar-refractivity contribution in [2.24, 2.45) is 0 Å². The molecule has 0 fully saturated rings. The van der Waals surface area contributed by atoms with Crippen molar-refractivity contribution in [3.8, 4) is 0 Å². The lowest BCUT2D eigenvalue weighted by Crippen LogP contribution is -2.29. The Kier molecular flexibility index (Phi) is 3.37. The number of anilines is 2. The zero-order chi connectivity index (χ0) is 13.9. The summed E-state index contributed by atoms with van der Waals surface area (Å²) in [5, 5.41) is 0. The van der Waals surface area contributed by atoms with Gasteiger partial charge in [-0.25, -0.2) is 0 Å². The summed E-state index contributed by atoms with van der Waals surface area (Å²) >= 11 is 0. The molecule has 0 spiro atoms. The molecule has 0 saturated heterocycles. The number of hydrogen-bond donors (Lipinski definition) is 1. The number of aromatic nitrogens is 1. The average molecular weight is 267 g/mol. The molecule has 1 amide bonds.